The predicted molar refractivity (Wildman–Crippen MR) is 85.2 cm³/mol. The first-order valence-electron chi connectivity index (χ1n) is 8.49. The largest absolute Gasteiger partial charge is 0.392 e. The number of likely N-dealkylation sites (tertiary alicyclic amines) is 2. The maximum absolute atomic E-state index is 12.3. The molecule has 5 heteroatoms. The number of hydrogen-bond acceptors (Lipinski definition) is 3. The zero-order valence-electron chi connectivity index (χ0n) is 14.4. The molecule has 0 aliphatic carbocycles. The second-order valence-corrected chi connectivity index (χ2v) is 7.71. The minimum absolute atomic E-state index is 0.167. The van der Waals surface area contributed by atoms with E-state index < -0.39 is 16.9 Å². The van der Waals surface area contributed by atoms with Crippen LogP contribution < -0.4 is 0 Å². The Labute approximate surface area is 133 Å². The lowest BCUT2D eigenvalue weighted by molar-refractivity contribution is -0.186. The third-order valence-corrected chi connectivity index (χ3v) is 5.16. The van der Waals surface area contributed by atoms with Gasteiger partial charge >= 0.3 is 0 Å². The zero-order chi connectivity index (χ0) is 16.5. The molecule has 2 bridgehead atoms. The molecule has 0 radical (unpaired) electrons. The van der Waals surface area contributed by atoms with Crippen LogP contribution >= 0.6 is 0 Å². The molecule has 2 aliphatic heterocycles. The standard InChI is InChI=1S/C17H30N2O3/c1-5-7-13(20)18-9-16(3)11-19(14(21)8-6-2)12-17(4,10-18)15(16)22/h15,22H,5-12H2,1-4H3. The third kappa shape index (κ3) is 3.00. The third-order valence-electron chi connectivity index (χ3n) is 5.16. The highest BCUT2D eigenvalue weighted by Gasteiger charge is 2.56. The van der Waals surface area contributed by atoms with Gasteiger partial charge in [-0.3, -0.25) is 9.59 Å². The molecule has 0 aromatic rings. The van der Waals surface area contributed by atoms with E-state index in [1.807, 2.05) is 37.5 Å². The van der Waals surface area contributed by atoms with Crippen LogP contribution in [0.5, 0.6) is 0 Å². The average molecular weight is 310 g/mol. The van der Waals surface area contributed by atoms with Crippen LogP contribution in [0.1, 0.15) is 53.4 Å². The van der Waals surface area contributed by atoms with Gasteiger partial charge in [-0.25, -0.2) is 0 Å². The van der Waals surface area contributed by atoms with E-state index in [9.17, 15) is 14.7 Å². The lowest BCUT2D eigenvalue weighted by Crippen LogP contribution is -2.71. The Morgan fingerprint density at radius 1 is 0.909 bits per heavy atom. The van der Waals surface area contributed by atoms with Crippen LogP contribution in [0, 0.1) is 10.8 Å². The van der Waals surface area contributed by atoms with Crippen LogP contribution in [-0.2, 0) is 9.59 Å². The van der Waals surface area contributed by atoms with E-state index >= 15 is 0 Å². The molecule has 5 nitrogen and oxygen atoms in total. The van der Waals surface area contributed by atoms with Crippen LogP contribution in [0.25, 0.3) is 0 Å². The minimum atomic E-state index is -0.476. The van der Waals surface area contributed by atoms with Crippen molar-refractivity contribution in [1.29, 1.82) is 0 Å². The molecule has 126 valence electrons. The van der Waals surface area contributed by atoms with E-state index in [1.165, 1.54) is 0 Å². The van der Waals surface area contributed by atoms with E-state index in [-0.39, 0.29) is 11.8 Å². The van der Waals surface area contributed by atoms with Gasteiger partial charge in [0.2, 0.25) is 11.8 Å². The fraction of sp³-hybridized carbons (Fsp3) is 0.882. The number of aliphatic hydroxyl groups excluding tert-OH is 1. The van der Waals surface area contributed by atoms with Crippen LogP contribution in [0.15, 0.2) is 0 Å². The maximum atomic E-state index is 12.3. The molecule has 22 heavy (non-hydrogen) atoms. The molecule has 2 aliphatic rings. The van der Waals surface area contributed by atoms with Crippen molar-refractivity contribution < 1.29 is 14.7 Å². The van der Waals surface area contributed by atoms with E-state index in [4.69, 9.17) is 0 Å². The molecule has 2 rings (SSSR count). The van der Waals surface area contributed by atoms with Crippen molar-refractivity contribution in [2.75, 3.05) is 26.2 Å². The van der Waals surface area contributed by atoms with Crippen molar-refractivity contribution in [3.63, 3.8) is 0 Å². The van der Waals surface area contributed by atoms with Gasteiger partial charge in [0.15, 0.2) is 0 Å². The van der Waals surface area contributed by atoms with Crippen molar-refractivity contribution in [3.05, 3.63) is 0 Å². The van der Waals surface area contributed by atoms with Crippen LogP contribution in [0.3, 0.4) is 0 Å². The summed E-state index contributed by atoms with van der Waals surface area (Å²) in [6, 6.07) is 0. The van der Waals surface area contributed by atoms with E-state index in [2.05, 4.69) is 0 Å². The van der Waals surface area contributed by atoms with Crippen LogP contribution in [0.2, 0.25) is 0 Å². The van der Waals surface area contributed by atoms with Crippen molar-refractivity contribution >= 4 is 11.8 Å². The smallest absolute Gasteiger partial charge is 0.222 e. The van der Waals surface area contributed by atoms with Gasteiger partial charge in [-0.1, -0.05) is 27.7 Å². The second kappa shape index (κ2) is 6.19. The lowest BCUT2D eigenvalue weighted by Gasteiger charge is -2.59. The number of fused-ring (bicyclic) bond motifs is 2. The van der Waals surface area contributed by atoms with Gasteiger partial charge in [-0.15, -0.1) is 0 Å². The van der Waals surface area contributed by atoms with Crippen LogP contribution in [0.4, 0.5) is 0 Å². The van der Waals surface area contributed by atoms with Gasteiger partial charge in [-0.05, 0) is 12.8 Å². The summed E-state index contributed by atoms with van der Waals surface area (Å²) in [7, 11) is 0. The first-order valence-corrected chi connectivity index (χ1v) is 8.49. The van der Waals surface area contributed by atoms with Crippen molar-refractivity contribution in [2.45, 2.75) is 59.5 Å². The number of aliphatic hydroxyl groups is 1. The molecule has 2 fully saturated rings. The van der Waals surface area contributed by atoms with Gasteiger partial charge in [0.1, 0.15) is 0 Å². The molecule has 0 aromatic carbocycles. The molecule has 0 atom stereocenters. The number of nitrogens with zero attached hydrogens (tertiary/aromatic N) is 2. The molecule has 0 saturated carbocycles. The summed E-state index contributed by atoms with van der Waals surface area (Å²) in [5.41, 5.74) is -0.865. The summed E-state index contributed by atoms with van der Waals surface area (Å²) in [6.07, 6.45) is 2.32. The first kappa shape index (κ1) is 17.3. The van der Waals surface area contributed by atoms with Crippen LogP contribution in [-0.4, -0.2) is 59.0 Å². The fourth-order valence-corrected chi connectivity index (χ4v) is 4.24. The summed E-state index contributed by atoms with van der Waals surface area (Å²) in [6.45, 7) is 10.2. The number of carbonyl (C=O) groups excluding carboxylic acids is 2. The summed E-state index contributed by atoms with van der Waals surface area (Å²) in [5, 5.41) is 10.8. The van der Waals surface area contributed by atoms with Crippen molar-refractivity contribution in [1.82, 2.24) is 9.80 Å². The highest BCUT2D eigenvalue weighted by molar-refractivity contribution is 5.78. The van der Waals surface area contributed by atoms with E-state index in [0.29, 0.717) is 39.0 Å². The summed E-state index contributed by atoms with van der Waals surface area (Å²) in [4.78, 5) is 28.4. The molecule has 1 N–H and O–H groups in total. The van der Waals surface area contributed by atoms with E-state index in [1.54, 1.807) is 0 Å². The van der Waals surface area contributed by atoms with Gasteiger partial charge in [-0.2, -0.15) is 0 Å². The highest BCUT2D eigenvalue weighted by Crippen LogP contribution is 2.46. The summed E-state index contributed by atoms with van der Waals surface area (Å²) in [5.74, 6) is 0.334. The first-order chi connectivity index (χ1) is 10.3. The fourth-order valence-electron chi connectivity index (χ4n) is 4.24. The molecule has 2 heterocycles. The second-order valence-electron chi connectivity index (χ2n) is 7.71. The Bertz CT molecular complexity index is 397. The Hall–Kier alpha value is -1.10. The maximum Gasteiger partial charge on any atom is 0.222 e. The minimum Gasteiger partial charge on any atom is -0.392 e. The van der Waals surface area contributed by atoms with Gasteiger partial charge in [0.05, 0.1) is 6.10 Å². The normalized spacial score (nSPS) is 34.7. The van der Waals surface area contributed by atoms with E-state index in [0.717, 1.165) is 12.8 Å². The topological polar surface area (TPSA) is 60.9 Å². The number of carbonyl (C=O) groups is 2. The van der Waals surface area contributed by atoms with Crippen molar-refractivity contribution in [2.24, 2.45) is 10.8 Å². The molecule has 2 amide bonds. The van der Waals surface area contributed by atoms with Gasteiger partial charge in [0.25, 0.3) is 0 Å². The number of amides is 2. The molecule has 0 unspecified atom stereocenters. The zero-order valence-corrected chi connectivity index (χ0v) is 14.4. The lowest BCUT2D eigenvalue weighted by atomic mass is 9.62. The highest BCUT2D eigenvalue weighted by atomic mass is 16.3. The summed E-state index contributed by atoms with van der Waals surface area (Å²) < 4.78 is 0. The summed E-state index contributed by atoms with van der Waals surface area (Å²) >= 11 is 0. The van der Waals surface area contributed by atoms with Crippen molar-refractivity contribution in [3.8, 4) is 0 Å². The van der Waals surface area contributed by atoms with Gasteiger partial charge in [0, 0.05) is 49.9 Å². The predicted octanol–water partition coefficient (Wildman–Crippen LogP) is 1.64. The monoisotopic (exact) mass is 310 g/mol. The molecular weight excluding hydrogens is 280 g/mol. The average Bonchev–Trinajstić information content (AvgIpc) is 2.42. The Balaban J connectivity index is 2.21. The molecule has 2 saturated heterocycles. The van der Waals surface area contributed by atoms with Gasteiger partial charge < -0.3 is 14.9 Å². The Kier molecular flexibility index (Phi) is 4.85. The quantitative estimate of drug-likeness (QED) is 0.859. The number of rotatable bonds is 4. The number of piperidine rings is 2. The Morgan fingerprint density at radius 2 is 1.23 bits per heavy atom. The molecular formula is C17H30N2O3. The molecule has 0 spiro atoms. The molecule has 0 aromatic heterocycles. The Morgan fingerprint density at radius 3 is 1.50 bits per heavy atom. The number of hydrogen-bond donors (Lipinski definition) is 1. The SMILES string of the molecule is CCCC(=O)N1CC2(C)CN(C(=O)CCC)CC(C)(C1)C2O.